The van der Waals surface area contributed by atoms with E-state index < -0.39 is 0 Å². The topological polar surface area (TPSA) is 43.6 Å². The van der Waals surface area contributed by atoms with Gasteiger partial charge in [-0.25, -0.2) is 9.37 Å². The first-order valence-corrected chi connectivity index (χ1v) is 12.0. The quantitative estimate of drug-likeness (QED) is 0.190. The number of pyridine rings is 1. The minimum absolute atomic E-state index is 0.169. The van der Waals surface area contributed by atoms with E-state index in [1.165, 1.54) is 11.8 Å². The number of halogens is 1. The minimum Gasteiger partial charge on any atom is -0.298 e. The lowest BCUT2D eigenvalue weighted by Gasteiger charge is -2.12. The molecule has 6 heteroatoms. The SMILES string of the molecule is C=CCn1c(SCc2cccc(C)c2F)nnc1-c1cc(-c2ccccc2)nc2ccccc12. The Morgan fingerprint density at radius 1 is 0.971 bits per heavy atom. The summed E-state index contributed by atoms with van der Waals surface area (Å²) in [5.74, 6) is 1.04. The number of aryl methyl sites for hydroxylation is 1. The zero-order chi connectivity index (χ0) is 23.5. The Hall–Kier alpha value is -3.77. The molecule has 4 nitrogen and oxygen atoms in total. The maximum absolute atomic E-state index is 14.5. The summed E-state index contributed by atoms with van der Waals surface area (Å²) in [5.41, 5.74) is 5.05. The number of hydrogen-bond donors (Lipinski definition) is 0. The average molecular weight is 467 g/mol. The molecule has 2 aromatic heterocycles. The number of rotatable bonds is 7. The van der Waals surface area contributed by atoms with Gasteiger partial charge in [-0.05, 0) is 30.2 Å². The standard InChI is InChI=1S/C28H23FN4S/c1-3-16-33-27(31-32-28(33)34-18-21-13-9-10-19(2)26(21)29)23-17-25(20-11-5-4-6-12-20)30-24-15-8-7-14-22(23)24/h3-15,17H,1,16,18H2,2H3. The molecule has 34 heavy (non-hydrogen) atoms. The van der Waals surface area contributed by atoms with Crippen LogP contribution in [0.15, 0.2) is 96.7 Å². The van der Waals surface area contributed by atoms with Crippen LogP contribution >= 0.6 is 11.8 Å². The van der Waals surface area contributed by atoms with E-state index >= 15 is 0 Å². The van der Waals surface area contributed by atoms with Gasteiger partial charge in [-0.3, -0.25) is 4.57 Å². The number of benzene rings is 3. The summed E-state index contributed by atoms with van der Waals surface area (Å²) in [6.07, 6.45) is 1.83. The molecule has 0 aliphatic rings. The van der Waals surface area contributed by atoms with Crippen molar-refractivity contribution in [3.63, 3.8) is 0 Å². The summed E-state index contributed by atoms with van der Waals surface area (Å²) in [7, 11) is 0. The number of aromatic nitrogens is 4. The molecule has 0 saturated heterocycles. The Bertz CT molecular complexity index is 1480. The zero-order valence-corrected chi connectivity index (χ0v) is 19.6. The Labute approximate surface area is 202 Å². The predicted molar refractivity (Wildman–Crippen MR) is 137 cm³/mol. The summed E-state index contributed by atoms with van der Waals surface area (Å²) < 4.78 is 16.6. The van der Waals surface area contributed by atoms with Gasteiger partial charge in [0.1, 0.15) is 5.82 Å². The van der Waals surface area contributed by atoms with Crippen LogP contribution in [0.25, 0.3) is 33.5 Å². The highest BCUT2D eigenvalue weighted by atomic mass is 32.2. The first-order valence-electron chi connectivity index (χ1n) is 11.0. The van der Waals surface area contributed by atoms with Crippen LogP contribution in [0.1, 0.15) is 11.1 Å². The number of allylic oxidation sites excluding steroid dienone is 1. The summed E-state index contributed by atoms with van der Waals surface area (Å²) in [4.78, 5) is 4.88. The van der Waals surface area contributed by atoms with E-state index in [-0.39, 0.29) is 5.82 Å². The zero-order valence-electron chi connectivity index (χ0n) is 18.8. The second kappa shape index (κ2) is 9.61. The number of hydrogen-bond acceptors (Lipinski definition) is 4. The highest BCUT2D eigenvalue weighted by molar-refractivity contribution is 7.98. The molecule has 0 amide bonds. The van der Waals surface area contributed by atoms with Crippen LogP contribution < -0.4 is 0 Å². The van der Waals surface area contributed by atoms with Crippen LogP contribution in [-0.2, 0) is 12.3 Å². The van der Waals surface area contributed by atoms with Crippen LogP contribution in [0.2, 0.25) is 0 Å². The lowest BCUT2D eigenvalue weighted by Crippen LogP contribution is -2.02. The maximum atomic E-state index is 14.5. The molecule has 5 aromatic rings. The van der Waals surface area contributed by atoms with Gasteiger partial charge in [-0.1, -0.05) is 84.6 Å². The van der Waals surface area contributed by atoms with Gasteiger partial charge in [0.2, 0.25) is 0 Å². The fourth-order valence-electron chi connectivity index (χ4n) is 3.97. The molecule has 0 radical (unpaired) electrons. The number of nitrogens with zero attached hydrogens (tertiary/aromatic N) is 4. The fraction of sp³-hybridized carbons (Fsp3) is 0.107. The molecule has 168 valence electrons. The Morgan fingerprint density at radius 3 is 2.59 bits per heavy atom. The molecule has 0 saturated carbocycles. The van der Waals surface area contributed by atoms with Gasteiger partial charge in [-0.2, -0.15) is 0 Å². The van der Waals surface area contributed by atoms with Crippen LogP contribution in [0.5, 0.6) is 0 Å². The lowest BCUT2D eigenvalue weighted by molar-refractivity contribution is 0.608. The molecule has 0 aliphatic heterocycles. The summed E-state index contributed by atoms with van der Waals surface area (Å²) in [6.45, 7) is 6.24. The summed E-state index contributed by atoms with van der Waals surface area (Å²) in [6, 6.07) is 25.7. The van der Waals surface area contributed by atoms with Crippen molar-refractivity contribution in [2.24, 2.45) is 0 Å². The van der Waals surface area contributed by atoms with Crippen molar-refractivity contribution in [3.8, 4) is 22.6 Å². The van der Waals surface area contributed by atoms with Gasteiger partial charge in [0.15, 0.2) is 11.0 Å². The van der Waals surface area contributed by atoms with Crippen molar-refractivity contribution in [2.45, 2.75) is 24.4 Å². The third kappa shape index (κ3) is 4.24. The maximum Gasteiger partial charge on any atom is 0.192 e. The second-order valence-electron chi connectivity index (χ2n) is 7.98. The van der Waals surface area contributed by atoms with Crippen molar-refractivity contribution in [3.05, 3.63) is 108 Å². The van der Waals surface area contributed by atoms with Gasteiger partial charge in [-0.15, -0.1) is 16.8 Å². The number of para-hydroxylation sites is 1. The molecule has 0 spiro atoms. The van der Waals surface area contributed by atoms with Crippen molar-refractivity contribution in [1.29, 1.82) is 0 Å². The van der Waals surface area contributed by atoms with E-state index in [2.05, 4.69) is 22.8 Å². The second-order valence-corrected chi connectivity index (χ2v) is 8.92. The van der Waals surface area contributed by atoms with Crippen molar-refractivity contribution in [1.82, 2.24) is 19.7 Å². The molecule has 0 bridgehead atoms. The molecule has 0 unspecified atom stereocenters. The smallest absolute Gasteiger partial charge is 0.192 e. The number of fused-ring (bicyclic) bond motifs is 1. The van der Waals surface area contributed by atoms with Gasteiger partial charge in [0.25, 0.3) is 0 Å². The van der Waals surface area contributed by atoms with Crippen molar-refractivity contribution >= 4 is 22.7 Å². The fourth-order valence-corrected chi connectivity index (χ4v) is 4.89. The molecular formula is C28H23FN4S. The molecule has 2 heterocycles. The largest absolute Gasteiger partial charge is 0.298 e. The molecular weight excluding hydrogens is 443 g/mol. The Balaban J connectivity index is 1.60. The summed E-state index contributed by atoms with van der Waals surface area (Å²) >= 11 is 1.47. The van der Waals surface area contributed by atoms with Crippen LogP contribution in [-0.4, -0.2) is 19.7 Å². The van der Waals surface area contributed by atoms with E-state index in [0.717, 1.165) is 38.7 Å². The monoisotopic (exact) mass is 466 g/mol. The van der Waals surface area contributed by atoms with Gasteiger partial charge < -0.3 is 0 Å². The van der Waals surface area contributed by atoms with Gasteiger partial charge >= 0.3 is 0 Å². The van der Waals surface area contributed by atoms with E-state index in [0.29, 0.717) is 23.4 Å². The van der Waals surface area contributed by atoms with Crippen molar-refractivity contribution in [2.75, 3.05) is 0 Å². The predicted octanol–water partition coefficient (Wildman–Crippen LogP) is 7.09. The summed E-state index contributed by atoms with van der Waals surface area (Å²) in [5, 5.41) is 10.8. The Kier molecular flexibility index (Phi) is 6.23. The Morgan fingerprint density at radius 2 is 1.76 bits per heavy atom. The molecule has 0 atom stereocenters. The van der Waals surface area contributed by atoms with E-state index in [9.17, 15) is 4.39 Å². The van der Waals surface area contributed by atoms with E-state index in [4.69, 9.17) is 4.98 Å². The van der Waals surface area contributed by atoms with Crippen LogP contribution in [0.3, 0.4) is 0 Å². The average Bonchev–Trinajstić information content (AvgIpc) is 3.27. The van der Waals surface area contributed by atoms with E-state index in [1.807, 2.05) is 77.4 Å². The molecule has 0 N–H and O–H groups in total. The van der Waals surface area contributed by atoms with Crippen molar-refractivity contribution < 1.29 is 4.39 Å². The first kappa shape index (κ1) is 22.0. The molecule has 5 rings (SSSR count). The molecule has 3 aromatic carbocycles. The highest BCUT2D eigenvalue weighted by Crippen LogP contribution is 2.34. The first-order chi connectivity index (χ1) is 16.7. The highest BCUT2D eigenvalue weighted by Gasteiger charge is 2.18. The van der Waals surface area contributed by atoms with Crippen LogP contribution in [0, 0.1) is 12.7 Å². The van der Waals surface area contributed by atoms with Gasteiger partial charge in [0, 0.05) is 28.8 Å². The number of thioether (sulfide) groups is 1. The molecule has 0 aliphatic carbocycles. The third-order valence-electron chi connectivity index (χ3n) is 5.68. The van der Waals surface area contributed by atoms with E-state index in [1.54, 1.807) is 13.0 Å². The third-order valence-corrected chi connectivity index (χ3v) is 6.70. The molecule has 0 fully saturated rings. The van der Waals surface area contributed by atoms with Crippen LogP contribution in [0.4, 0.5) is 4.39 Å². The van der Waals surface area contributed by atoms with Gasteiger partial charge in [0.05, 0.1) is 11.2 Å². The normalized spacial score (nSPS) is 11.1. The minimum atomic E-state index is -0.169. The lowest BCUT2D eigenvalue weighted by atomic mass is 10.0.